The molecule has 3 rings (SSSR count). The minimum absolute atomic E-state index is 0.103. The summed E-state index contributed by atoms with van der Waals surface area (Å²) in [7, 11) is 0. The van der Waals surface area contributed by atoms with Crippen molar-refractivity contribution < 1.29 is 14.3 Å². The molecule has 26 heavy (non-hydrogen) atoms. The summed E-state index contributed by atoms with van der Waals surface area (Å²) < 4.78 is 5.46. The van der Waals surface area contributed by atoms with E-state index in [2.05, 4.69) is 16.6 Å². The van der Waals surface area contributed by atoms with Crippen molar-refractivity contribution in [1.29, 1.82) is 0 Å². The lowest BCUT2D eigenvalue weighted by Gasteiger charge is -2.35. The van der Waals surface area contributed by atoms with Gasteiger partial charge in [0.2, 0.25) is 5.91 Å². The SMILES string of the molecule is C#CCOc1ccccc1NC(=O)N1CCNC(=O)[C@@H]1c1ccccc1. The number of rotatable bonds is 4. The lowest BCUT2D eigenvalue weighted by molar-refractivity contribution is -0.127. The highest BCUT2D eigenvalue weighted by molar-refractivity contribution is 5.96. The number of urea groups is 1. The number of carbonyl (C=O) groups excluding carboxylic acids is 2. The van der Waals surface area contributed by atoms with E-state index in [1.165, 1.54) is 4.90 Å². The molecular weight excluding hydrogens is 330 g/mol. The number of nitrogens with one attached hydrogen (secondary N) is 2. The molecule has 0 aromatic heterocycles. The molecule has 1 fully saturated rings. The van der Waals surface area contributed by atoms with E-state index in [1.54, 1.807) is 24.3 Å². The molecule has 6 heteroatoms. The standard InChI is InChI=1S/C20H19N3O3/c1-2-14-26-17-11-7-6-10-16(17)22-20(25)23-13-12-21-19(24)18(23)15-8-4-3-5-9-15/h1,3-11,18H,12-14H2,(H,21,24)(H,22,25)/t18-/m0/s1. The Kier molecular flexibility index (Phi) is 5.40. The number of benzene rings is 2. The van der Waals surface area contributed by atoms with Crippen molar-refractivity contribution in [2.45, 2.75) is 6.04 Å². The third-order valence-electron chi connectivity index (χ3n) is 4.03. The summed E-state index contributed by atoms with van der Waals surface area (Å²) >= 11 is 0. The molecule has 0 radical (unpaired) electrons. The zero-order valence-electron chi connectivity index (χ0n) is 14.1. The van der Waals surface area contributed by atoms with E-state index in [-0.39, 0.29) is 18.5 Å². The van der Waals surface area contributed by atoms with Crippen LogP contribution in [-0.4, -0.2) is 36.5 Å². The van der Waals surface area contributed by atoms with Gasteiger partial charge in [-0.2, -0.15) is 0 Å². The van der Waals surface area contributed by atoms with E-state index < -0.39 is 6.04 Å². The normalized spacial score (nSPS) is 16.3. The third-order valence-corrected chi connectivity index (χ3v) is 4.03. The fourth-order valence-corrected chi connectivity index (χ4v) is 2.85. The number of carbonyl (C=O) groups is 2. The first-order valence-corrected chi connectivity index (χ1v) is 8.26. The van der Waals surface area contributed by atoms with E-state index in [4.69, 9.17) is 11.2 Å². The van der Waals surface area contributed by atoms with Crippen molar-refractivity contribution in [1.82, 2.24) is 10.2 Å². The molecule has 0 bridgehead atoms. The second-order valence-electron chi connectivity index (χ2n) is 5.72. The second kappa shape index (κ2) is 8.08. The monoisotopic (exact) mass is 349 g/mol. The van der Waals surface area contributed by atoms with Crippen molar-refractivity contribution in [2.24, 2.45) is 0 Å². The minimum atomic E-state index is -0.677. The molecule has 1 heterocycles. The maximum absolute atomic E-state index is 12.9. The Morgan fingerprint density at radius 1 is 1.23 bits per heavy atom. The van der Waals surface area contributed by atoms with Crippen molar-refractivity contribution in [2.75, 3.05) is 25.0 Å². The van der Waals surface area contributed by atoms with Crippen LogP contribution in [0.4, 0.5) is 10.5 Å². The van der Waals surface area contributed by atoms with Crippen LogP contribution >= 0.6 is 0 Å². The number of hydrogen-bond acceptors (Lipinski definition) is 3. The van der Waals surface area contributed by atoms with Gasteiger partial charge < -0.3 is 20.3 Å². The van der Waals surface area contributed by atoms with Crippen LogP contribution in [0, 0.1) is 12.3 Å². The Balaban J connectivity index is 1.82. The lowest BCUT2D eigenvalue weighted by atomic mass is 10.0. The summed E-state index contributed by atoms with van der Waals surface area (Å²) in [6, 6.07) is 15.2. The van der Waals surface area contributed by atoms with Crippen molar-refractivity contribution in [3.05, 3.63) is 60.2 Å². The molecule has 6 nitrogen and oxygen atoms in total. The van der Waals surface area contributed by atoms with Gasteiger partial charge in [-0.25, -0.2) is 4.79 Å². The Morgan fingerprint density at radius 3 is 2.73 bits per heavy atom. The highest BCUT2D eigenvalue weighted by atomic mass is 16.5. The molecular formula is C20H19N3O3. The number of anilines is 1. The van der Waals surface area contributed by atoms with Gasteiger partial charge in [0.1, 0.15) is 18.4 Å². The van der Waals surface area contributed by atoms with E-state index >= 15 is 0 Å². The van der Waals surface area contributed by atoms with Gasteiger partial charge in [-0.3, -0.25) is 4.79 Å². The van der Waals surface area contributed by atoms with Gasteiger partial charge >= 0.3 is 6.03 Å². The molecule has 132 valence electrons. The Bertz CT molecular complexity index is 830. The van der Waals surface area contributed by atoms with Gasteiger partial charge in [-0.05, 0) is 17.7 Å². The second-order valence-corrected chi connectivity index (χ2v) is 5.72. The first-order chi connectivity index (χ1) is 12.7. The topological polar surface area (TPSA) is 70.7 Å². The molecule has 0 aliphatic carbocycles. The smallest absolute Gasteiger partial charge is 0.322 e. The van der Waals surface area contributed by atoms with Crippen molar-refractivity contribution >= 4 is 17.6 Å². The molecule has 1 saturated heterocycles. The number of terminal acetylenes is 1. The molecule has 1 aliphatic heterocycles. The minimum Gasteiger partial charge on any atom is -0.479 e. The first kappa shape index (κ1) is 17.4. The zero-order valence-corrected chi connectivity index (χ0v) is 14.1. The number of para-hydroxylation sites is 2. The average molecular weight is 349 g/mol. The Labute approximate surface area is 152 Å². The highest BCUT2D eigenvalue weighted by Gasteiger charge is 2.34. The number of hydrogen-bond donors (Lipinski definition) is 2. The number of amides is 3. The van der Waals surface area contributed by atoms with Crippen molar-refractivity contribution in [3.8, 4) is 18.1 Å². The average Bonchev–Trinajstić information content (AvgIpc) is 2.67. The summed E-state index contributed by atoms with van der Waals surface area (Å²) in [5.74, 6) is 2.68. The van der Waals surface area contributed by atoms with Gasteiger partial charge in [-0.15, -0.1) is 6.42 Å². The Morgan fingerprint density at radius 2 is 1.96 bits per heavy atom. The first-order valence-electron chi connectivity index (χ1n) is 8.26. The summed E-state index contributed by atoms with van der Waals surface area (Å²) in [6.45, 7) is 0.918. The molecule has 1 atom stereocenters. The van der Waals surface area contributed by atoms with Gasteiger partial charge in [0, 0.05) is 13.1 Å². The summed E-state index contributed by atoms with van der Waals surface area (Å²) in [4.78, 5) is 26.8. The van der Waals surface area contributed by atoms with Gasteiger partial charge in [0.15, 0.2) is 0 Å². The van der Waals surface area contributed by atoms with E-state index in [0.29, 0.717) is 24.5 Å². The molecule has 2 aromatic carbocycles. The molecule has 0 saturated carbocycles. The number of ether oxygens (including phenoxy) is 1. The van der Waals surface area contributed by atoms with Crippen LogP contribution in [0.5, 0.6) is 5.75 Å². The molecule has 0 unspecified atom stereocenters. The van der Waals surface area contributed by atoms with E-state index in [9.17, 15) is 9.59 Å². The molecule has 0 spiro atoms. The van der Waals surface area contributed by atoms with Crippen LogP contribution in [0.15, 0.2) is 54.6 Å². The summed E-state index contributed by atoms with van der Waals surface area (Å²) in [5, 5.41) is 5.63. The Hall–Kier alpha value is -3.46. The quantitative estimate of drug-likeness (QED) is 0.833. The lowest BCUT2D eigenvalue weighted by Crippen LogP contribution is -2.53. The maximum Gasteiger partial charge on any atom is 0.322 e. The maximum atomic E-state index is 12.9. The van der Waals surface area contributed by atoms with Gasteiger partial charge in [0.05, 0.1) is 5.69 Å². The molecule has 3 amide bonds. The van der Waals surface area contributed by atoms with Crippen LogP contribution in [0.1, 0.15) is 11.6 Å². The molecule has 1 aliphatic rings. The predicted molar refractivity (Wildman–Crippen MR) is 98.7 cm³/mol. The van der Waals surface area contributed by atoms with Crippen LogP contribution in [-0.2, 0) is 4.79 Å². The summed E-state index contributed by atoms with van der Waals surface area (Å²) in [6.07, 6.45) is 5.23. The van der Waals surface area contributed by atoms with Crippen LogP contribution in [0.3, 0.4) is 0 Å². The highest BCUT2D eigenvalue weighted by Crippen LogP contribution is 2.27. The summed E-state index contributed by atoms with van der Waals surface area (Å²) in [5.41, 5.74) is 1.27. The largest absolute Gasteiger partial charge is 0.479 e. The number of piperazine rings is 1. The fraction of sp³-hybridized carbons (Fsp3) is 0.200. The number of nitrogens with zero attached hydrogens (tertiary/aromatic N) is 1. The van der Waals surface area contributed by atoms with Crippen molar-refractivity contribution in [3.63, 3.8) is 0 Å². The van der Waals surface area contributed by atoms with E-state index in [0.717, 1.165) is 5.56 Å². The van der Waals surface area contributed by atoms with Crippen LogP contribution in [0.2, 0.25) is 0 Å². The predicted octanol–water partition coefficient (Wildman–Crippen LogP) is 2.40. The third kappa shape index (κ3) is 3.78. The zero-order chi connectivity index (χ0) is 18.4. The fourth-order valence-electron chi connectivity index (χ4n) is 2.85. The van der Waals surface area contributed by atoms with Gasteiger partial charge in [-0.1, -0.05) is 48.4 Å². The van der Waals surface area contributed by atoms with Crippen LogP contribution < -0.4 is 15.4 Å². The molecule has 2 N–H and O–H groups in total. The van der Waals surface area contributed by atoms with Gasteiger partial charge in [0.25, 0.3) is 0 Å². The molecule has 2 aromatic rings. The van der Waals surface area contributed by atoms with E-state index in [1.807, 2.05) is 30.3 Å². The van der Waals surface area contributed by atoms with Crippen LogP contribution in [0.25, 0.3) is 0 Å².